The van der Waals surface area contributed by atoms with Gasteiger partial charge in [0.05, 0.1) is 0 Å². The van der Waals surface area contributed by atoms with Gasteiger partial charge in [0.1, 0.15) is 0 Å². The van der Waals surface area contributed by atoms with E-state index >= 15 is 0 Å². The van der Waals surface area contributed by atoms with E-state index in [-0.39, 0.29) is 5.82 Å². The van der Waals surface area contributed by atoms with Crippen LogP contribution in [0.15, 0.2) is 0 Å². The summed E-state index contributed by atoms with van der Waals surface area (Å²) in [6, 6.07) is 0. The van der Waals surface area contributed by atoms with Crippen LogP contribution in [0.3, 0.4) is 0 Å². The average molecular weight is 250 g/mol. The van der Waals surface area contributed by atoms with Crippen LogP contribution in [0, 0.1) is 0 Å². The molecular weight excluding hydrogens is 233 g/mol. The number of hydrogen-bond donors (Lipinski definition) is 1. The Morgan fingerprint density at radius 2 is 1.59 bits per heavy atom. The SMILES string of the molecule is Cn1nc(C(C)(C)C)nc1C(C)(N)C(F)(F)F. The summed E-state index contributed by atoms with van der Waals surface area (Å²) in [5, 5.41) is 3.99. The van der Waals surface area contributed by atoms with E-state index in [1.807, 2.05) is 20.8 Å². The van der Waals surface area contributed by atoms with E-state index in [1.165, 1.54) is 7.05 Å². The monoisotopic (exact) mass is 250 g/mol. The van der Waals surface area contributed by atoms with Crippen LogP contribution in [0.2, 0.25) is 0 Å². The summed E-state index contributed by atoms with van der Waals surface area (Å²) in [6.45, 7) is 6.37. The van der Waals surface area contributed by atoms with Crippen molar-refractivity contribution in [2.45, 2.75) is 44.8 Å². The second kappa shape index (κ2) is 3.69. The molecule has 0 saturated carbocycles. The van der Waals surface area contributed by atoms with E-state index in [9.17, 15) is 13.2 Å². The lowest BCUT2D eigenvalue weighted by molar-refractivity contribution is -0.187. The van der Waals surface area contributed by atoms with Gasteiger partial charge < -0.3 is 5.73 Å². The fraction of sp³-hybridized carbons (Fsp3) is 0.800. The van der Waals surface area contributed by atoms with E-state index in [4.69, 9.17) is 5.73 Å². The van der Waals surface area contributed by atoms with Crippen molar-refractivity contribution >= 4 is 0 Å². The van der Waals surface area contributed by atoms with Gasteiger partial charge in [0.2, 0.25) is 0 Å². The molecule has 0 bridgehead atoms. The van der Waals surface area contributed by atoms with Gasteiger partial charge in [-0.05, 0) is 6.92 Å². The Balaban J connectivity index is 3.30. The van der Waals surface area contributed by atoms with E-state index in [0.717, 1.165) is 11.6 Å². The molecule has 1 rings (SSSR count). The molecule has 0 fully saturated rings. The molecule has 7 heteroatoms. The first-order chi connectivity index (χ1) is 7.37. The fourth-order valence-corrected chi connectivity index (χ4v) is 1.28. The minimum absolute atomic E-state index is 0.282. The van der Waals surface area contributed by atoms with Crippen molar-refractivity contribution in [2.24, 2.45) is 12.8 Å². The molecular formula is C10H17F3N4. The second-order valence-electron chi connectivity index (χ2n) is 5.33. The molecule has 0 aliphatic heterocycles. The van der Waals surface area contributed by atoms with Gasteiger partial charge in [-0.2, -0.15) is 18.3 Å². The average Bonchev–Trinajstić information content (AvgIpc) is 2.44. The molecule has 0 aliphatic carbocycles. The lowest BCUT2D eigenvalue weighted by atomic mass is 9.96. The van der Waals surface area contributed by atoms with Crippen LogP contribution in [0.4, 0.5) is 13.2 Å². The van der Waals surface area contributed by atoms with Crippen molar-refractivity contribution in [3.8, 4) is 0 Å². The first-order valence-corrected chi connectivity index (χ1v) is 5.15. The number of nitrogens with two attached hydrogens (primary N) is 1. The summed E-state index contributed by atoms with van der Waals surface area (Å²) in [5.74, 6) is 0.0610. The van der Waals surface area contributed by atoms with Gasteiger partial charge in [-0.15, -0.1) is 0 Å². The third-order valence-corrected chi connectivity index (χ3v) is 2.49. The van der Waals surface area contributed by atoms with Gasteiger partial charge in [0.25, 0.3) is 0 Å². The zero-order valence-corrected chi connectivity index (χ0v) is 10.6. The third kappa shape index (κ3) is 2.43. The van der Waals surface area contributed by atoms with Crippen LogP contribution >= 0.6 is 0 Å². The van der Waals surface area contributed by atoms with E-state index in [0.29, 0.717) is 5.82 Å². The van der Waals surface area contributed by atoms with E-state index < -0.39 is 17.1 Å². The first kappa shape index (κ1) is 14.0. The number of aromatic nitrogens is 3. The highest BCUT2D eigenvalue weighted by Gasteiger charge is 2.52. The van der Waals surface area contributed by atoms with Crippen LogP contribution < -0.4 is 5.73 Å². The highest BCUT2D eigenvalue weighted by atomic mass is 19.4. The van der Waals surface area contributed by atoms with Gasteiger partial charge in [-0.1, -0.05) is 20.8 Å². The number of hydrogen-bond acceptors (Lipinski definition) is 3. The summed E-state index contributed by atoms with van der Waals surface area (Å²) in [4.78, 5) is 3.93. The zero-order valence-electron chi connectivity index (χ0n) is 10.6. The van der Waals surface area contributed by atoms with E-state index in [2.05, 4.69) is 10.1 Å². The largest absolute Gasteiger partial charge is 0.413 e. The van der Waals surface area contributed by atoms with Gasteiger partial charge in [0, 0.05) is 12.5 Å². The maximum absolute atomic E-state index is 12.8. The summed E-state index contributed by atoms with van der Waals surface area (Å²) in [5.41, 5.74) is 2.40. The lowest BCUT2D eigenvalue weighted by Gasteiger charge is -2.26. The van der Waals surface area contributed by atoms with E-state index in [1.54, 1.807) is 0 Å². The Hall–Kier alpha value is -1.11. The Kier molecular flexibility index (Phi) is 3.03. The van der Waals surface area contributed by atoms with Gasteiger partial charge in [-0.3, -0.25) is 4.68 Å². The van der Waals surface area contributed by atoms with Crippen LogP contribution in [-0.2, 0) is 18.0 Å². The predicted octanol–water partition coefficient (Wildman–Crippen LogP) is 1.85. The van der Waals surface area contributed by atoms with Gasteiger partial charge >= 0.3 is 6.18 Å². The fourth-order valence-electron chi connectivity index (χ4n) is 1.28. The summed E-state index contributed by atoms with van der Waals surface area (Å²) in [6.07, 6.45) is -4.57. The van der Waals surface area contributed by atoms with Crippen molar-refractivity contribution in [1.82, 2.24) is 14.8 Å². The first-order valence-electron chi connectivity index (χ1n) is 5.15. The van der Waals surface area contributed by atoms with Crippen molar-refractivity contribution < 1.29 is 13.2 Å². The normalized spacial score (nSPS) is 17.0. The van der Waals surface area contributed by atoms with Gasteiger partial charge in [-0.25, -0.2) is 4.98 Å². The number of rotatable bonds is 1. The smallest absolute Gasteiger partial charge is 0.311 e. The number of aryl methyl sites for hydroxylation is 1. The zero-order chi connectivity index (χ0) is 13.6. The summed E-state index contributed by atoms with van der Waals surface area (Å²) >= 11 is 0. The summed E-state index contributed by atoms with van der Waals surface area (Å²) < 4.78 is 39.5. The molecule has 0 radical (unpaired) electrons. The van der Waals surface area contributed by atoms with Crippen molar-refractivity contribution in [2.75, 3.05) is 0 Å². The maximum atomic E-state index is 12.8. The third-order valence-electron chi connectivity index (χ3n) is 2.49. The highest BCUT2D eigenvalue weighted by molar-refractivity contribution is 5.12. The molecule has 98 valence electrons. The Labute approximate surface area is 98.0 Å². The highest BCUT2D eigenvalue weighted by Crippen LogP contribution is 2.35. The Morgan fingerprint density at radius 3 is 1.88 bits per heavy atom. The molecule has 0 saturated heterocycles. The molecule has 0 amide bonds. The lowest BCUT2D eigenvalue weighted by Crippen LogP contribution is -2.49. The topological polar surface area (TPSA) is 56.7 Å². The molecule has 1 heterocycles. The molecule has 1 unspecified atom stereocenters. The number of alkyl halides is 3. The van der Waals surface area contributed by atoms with Crippen molar-refractivity contribution in [3.63, 3.8) is 0 Å². The molecule has 1 aromatic rings. The Bertz CT molecular complexity index is 412. The number of halogens is 3. The van der Waals surface area contributed by atoms with Crippen LogP contribution in [-0.4, -0.2) is 20.9 Å². The van der Waals surface area contributed by atoms with Crippen molar-refractivity contribution in [3.05, 3.63) is 11.6 Å². The standard InChI is InChI=1S/C10H17F3N4/c1-8(2,3)6-15-7(17(5)16-6)9(4,14)10(11,12)13/h14H2,1-5H3. The molecule has 4 nitrogen and oxygen atoms in total. The molecule has 0 aromatic carbocycles. The van der Waals surface area contributed by atoms with Crippen LogP contribution in [0.25, 0.3) is 0 Å². The van der Waals surface area contributed by atoms with Crippen molar-refractivity contribution in [1.29, 1.82) is 0 Å². The summed E-state index contributed by atoms with van der Waals surface area (Å²) in [7, 11) is 1.41. The molecule has 1 aromatic heterocycles. The van der Waals surface area contributed by atoms with Gasteiger partial charge in [0.15, 0.2) is 17.2 Å². The maximum Gasteiger partial charge on any atom is 0.413 e. The van der Waals surface area contributed by atoms with Crippen LogP contribution in [0.1, 0.15) is 39.3 Å². The minimum atomic E-state index is -4.57. The molecule has 0 spiro atoms. The quantitative estimate of drug-likeness (QED) is 0.827. The molecule has 0 aliphatic rings. The molecule has 2 N–H and O–H groups in total. The van der Waals surface area contributed by atoms with Crippen LogP contribution in [0.5, 0.6) is 0 Å². The predicted molar refractivity (Wildman–Crippen MR) is 57.3 cm³/mol. The minimum Gasteiger partial charge on any atom is -0.311 e. The Morgan fingerprint density at radius 1 is 1.12 bits per heavy atom. The molecule has 17 heavy (non-hydrogen) atoms. The molecule has 1 atom stereocenters. The number of nitrogens with zero attached hydrogens (tertiary/aromatic N) is 3. The second-order valence-corrected chi connectivity index (χ2v) is 5.33.